The smallest absolute Gasteiger partial charge is 0.246 e. The van der Waals surface area contributed by atoms with Gasteiger partial charge in [-0.25, -0.2) is 4.98 Å². The standard InChI is InChI=1S/C28H18BN3O/c1-2-9-19(10-3-1)29-22-13-7-16-30-25(22)28(26-23(29)14-8-17-31-26)20-11-4-5-15-24(20)33-27-21(28)12-6-18-32-27/h1-18H. The lowest BCUT2D eigenvalue weighted by atomic mass is 9.32. The second-order valence-electron chi connectivity index (χ2n) is 8.43. The van der Waals surface area contributed by atoms with Gasteiger partial charge in [-0.1, -0.05) is 72.2 Å². The van der Waals surface area contributed by atoms with Crippen LogP contribution in [0.5, 0.6) is 11.6 Å². The molecule has 0 N–H and O–H groups in total. The molecule has 5 aromatic rings. The first-order chi connectivity index (χ1) is 16.4. The fourth-order valence-electron chi connectivity index (χ4n) is 5.59. The molecule has 3 aromatic heterocycles. The Labute approximate surface area is 192 Å². The highest BCUT2D eigenvalue weighted by atomic mass is 16.5. The molecule has 7 rings (SSSR count). The summed E-state index contributed by atoms with van der Waals surface area (Å²) in [5.74, 6) is 1.39. The molecule has 0 bridgehead atoms. The van der Waals surface area contributed by atoms with Crippen LogP contribution in [0.25, 0.3) is 0 Å². The number of benzene rings is 2. The first kappa shape index (κ1) is 18.3. The van der Waals surface area contributed by atoms with Crippen molar-refractivity contribution in [3.8, 4) is 11.6 Å². The lowest BCUT2D eigenvalue weighted by Gasteiger charge is -2.44. The average molecular weight is 423 g/mol. The molecule has 154 valence electrons. The summed E-state index contributed by atoms with van der Waals surface area (Å²) >= 11 is 0. The molecule has 0 amide bonds. The molecular weight excluding hydrogens is 405 g/mol. The second-order valence-corrected chi connectivity index (χ2v) is 8.43. The summed E-state index contributed by atoms with van der Waals surface area (Å²) in [6, 6.07) is 31.3. The fraction of sp³-hybridized carbons (Fsp3) is 0.0357. The summed E-state index contributed by atoms with van der Waals surface area (Å²) in [6.45, 7) is 0.0411. The van der Waals surface area contributed by atoms with E-state index in [9.17, 15) is 0 Å². The molecule has 0 aliphatic carbocycles. The van der Waals surface area contributed by atoms with E-state index in [0.29, 0.717) is 5.88 Å². The third-order valence-corrected chi connectivity index (χ3v) is 6.82. The third kappa shape index (κ3) is 2.39. The lowest BCUT2D eigenvalue weighted by Crippen LogP contribution is -2.63. The van der Waals surface area contributed by atoms with Gasteiger partial charge in [0, 0.05) is 29.7 Å². The SMILES string of the molecule is c1ccc(B2c3cccnc3C3(c4ccccc4Oc4ncccc43)c3ncccc32)cc1. The Morgan fingerprint density at radius 1 is 0.576 bits per heavy atom. The number of pyridine rings is 3. The molecule has 0 saturated carbocycles. The largest absolute Gasteiger partial charge is 0.438 e. The highest BCUT2D eigenvalue weighted by Gasteiger charge is 2.54. The van der Waals surface area contributed by atoms with E-state index in [1.807, 2.05) is 42.7 Å². The molecule has 2 aliphatic rings. The van der Waals surface area contributed by atoms with Crippen LogP contribution >= 0.6 is 0 Å². The predicted octanol–water partition coefficient (Wildman–Crippen LogP) is 3.19. The Morgan fingerprint density at radius 3 is 1.94 bits per heavy atom. The Morgan fingerprint density at radius 2 is 1.18 bits per heavy atom. The number of para-hydroxylation sites is 1. The molecule has 33 heavy (non-hydrogen) atoms. The van der Waals surface area contributed by atoms with Crippen LogP contribution in [0.2, 0.25) is 0 Å². The Balaban J connectivity index is 1.67. The van der Waals surface area contributed by atoms with E-state index in [0.717, 1.165) is 28.3 Å². The van der Waals surface area contributed by atoms with Gasteiger partial charge in [0.2, 0.25) is 12.6 Å². The van der Waals surface area contributed by atoms with Gasteiger partial charge in [-0.3, -0.25) is 9.97 Å². The van der Waals surface area contributed by atoms with E-state index in [2.05, 4.69) is 65.6 Å². The van der Waals surface area contributed by atoms with Crippen molar-refractivity contribution >= 4 is 23.1 Å². The Hall–Kier alpha value is -4.25. The van der Waals surface area contributed by atoms with Gasteiger partial charge in [0.1, 0.15) is 11.2 Å². The number of ether oxygens (including phenoxy) is 1. The molecule has 0 fully saturated rings. The number of hydrogen-bond acceptors (Lipinski definition) is 4. The summed E-state index contributed by atoms with van der Waals surface area (Å²) in [5.41, 5.74) is 6.84. The zero-order valence-corrected chi connectivity index (χ0v) is 17.7. The van der Waals surface area contributed by atoms with Gasteiger partial charge in [-0.05, 0) is 35.2 Å². The molecule has 0 atom stereocenters. The monoisotopic (exact) mass is 423 g/mol. The van der Waals surface area contributed by atoms with Crippen LogP contribution in [0.1, 0.15) is 22.5 Å². The molecule has 1 spiro atoms. The molecule has 5 heterocycles. The summed E-state index contributed by atoms with van der Waals surface area (Å²) in [6.07, 6.45) is 5.53. The first-order valence-electron chi connectivity index (χ1n) is 11.1. The number of nitrogens with zero attached hydrogens (tertiary/aromatic N) is 3. The van der Waals surface area contributed by atoms with Crippen LogP contribution < -0.4 is 21.1 Å². The van der Waals surface area contributed by atoms with Gasteiger partial charge in [0.25, 0.3) is 0 Å². The van der Waals surface area contributed by atoms with Crippen molar-refractivity contribution in [1.29, 1.82) is 0 Å². The van der Waals surface area contributed by atoms with Crippen molar-refractivity contribution < 1.29 is 4.74 Å². The maximum absolute atomic E-state index is 6.28. The number of aromatic nitrogens is 3. The van der Waals surface area contributed by atoms with Crippen molar-refractivity contribution in [2.45, 2.75) is 5.41 Å². The number of rotatable bonds is 1. The van der Waals surface area contributed by atoms with Crippen LogP contribution in [0.15, 0.2) is 110 Å². The minimum Gasteiger partial charge on any atom is -0.438 e. The maximum atomic E-state index is 6.28. The van der Waals surface area contributed by atoms with Crippen LogP contribution in [0.4, 0.5) is 0 Å². The molecule has 2 aromatic carbocycles. The molecule has 2 aliphatic heterocycles. The van der Waals surface area contributed by atoms with Gasteiger partial charge in [-0.15, -0.1) is 0 Å². The van der Waals surface area contributed by atoms with E-state index in [-0.39, 0.29) is 6.71 Å². The number of hydrogen-bond donors (Lipinski definition) is 0. The minimum absolute atomic E-state index is 0.0411. The number of fused-ring (bicyclic) bond motifs is 8. The summed E-state index contributed by atoms with van der Waals surface area (Å²) in [4.78, 5) is 14.7. The topological polar surface area (TPSA) is 47.9 Å². The van der Waals surface area contributed by atoms with Crippen molar-refractivity contribution in [3.05, 3.63) is 132 Å². The zero-order chi connectivity index (χ0) is 21.8. The van der Waals surface area contributed by atoms with Crippen LogP contribution in [-0.4, -0.2) is 21.7 Å². The molecule has 4 nitrogen and oxygen atoms in total. The van der Waals surface area contributed by atoms with Crippen molar-refractivity contribution in [3.63, 3.8) is 0 Å². The van der Waals surface area contributed by atoms with Crippen molar-refractivity contribution in [2.24, 2.45) is 0 Å². The summed E-state index contributed by atoms with van der Waals surface area (Å²) in [7, 11) is 0. The van der Waals surface area contributed by atoms with Gasteiger partial charge >= 0.3 is 0 Å². The molecular formula is C28H18BN3O. The zero-order valence-electron chi connectivity index (χ0n) is 17.7. The van der Waals surface area contributed by atoms with E-state index >= 15 is 0 Å². The van der Waals surface area contributed by atoms with E-state index in [1.165, 1.54) is 16.4 Å². The normalized spacial score (nSPS) is 14.5. The van der Waals surface area contributed by atoms with Gasteiger partial charge in [0.15, 0.2) is 0 Å². The Kier molecular flexibility index (Phi) is 3.82. The van der Waals surface area contributed by atoms with Crippen molar-refractivity contribution in [1.82, 2.24) is 15.0 Å². The highest BCUT2D eigenvalue weighted by Crippen LogP contribution is 2.53. The predicted molar refractivity (Wildman–Crippen MR) is 129 cm³/mol. The molecule has 0 radical (unpaired) electrons. The molecule has 5 heteroatoms. The second kappa shape index (κ2) is 6.88. The first-order valence-corrected chi connectivity index (χ1v) is 11.1. The summed E-state index contributed by atoms with van der Waals surface area (Å²) < 4.78 is 6.28. The third-order valence-electron chi connectivity index (χ3n) is 6.82. The van der Waals surface area contributed by atoms with E-state index in [4.69, 9.17) is 14.7 Å². The molecule has 0 unspecified atom stereocenters. The fourth-order valence-corrected chi connectivity index (χ4v) is 5.59. The minimum atomic E-state index is -0.711. The van der Waals surface area contributed by atoms with Crippen LogP contribution in [-0.2, 0) is 5.41 Å². The van der Waals surface area contributed by atoms with Gasteiger partial charge < -0.3 is 4.74 Å². The van der Waals surface area contributed by atoms with Crippen molar-refractivity contribution in [2.75, 3.05) is 0 Å². The molecule has 0 saturated heterocycles. The lowest BCUT2D eigenvalue weighted by molar-refractivity contribution is 0.413. The quantitative estimate of drug-likeness (QED) is 0.381. The average Bonchev–Trinajstić information content (AvgIpc) is 2.89. The Bertz CT molecular complexity index is 1420. The summed E-state index contributed by atoms with van der Waals surface area (Å²) in [5, 5.41) is 0. The van der Waals surface area contributed by atoms with E-state index in [1.54, 1.807) is 6.20 Å². The van der Waals surface area contributed by atoms with E-state index < -0.39 is 5.41 Å². The van der Waals surface area contributed by atoms with Crippen LogP contribution in [0.3, 0.4) is 0 Å². The van der Waals surface area contributed by atoms with Gasteiger partial charge in [0.05, 0.1) is 11.4 Å². The highest BCUT2D eigenvalue weighted by molar-refractivity contribution is 6.96. The van der Waals surface area contributed by atoms with Crippen LogP contribution in [0, 0.1) is 0 Å². The maximum Gasteiger partial charge on any atom is 0.246 e. The van der Waals surface area contributed by atoms with Gasteiger partial charge in [-0.2, -0.15) is 0 Å².